The molecule has 0 aliphatic carbocycles. The summed E-state index contributed by atoms with van der Waals surface area (Å²) < 4.78 is 26.4. The average Bonchev–Trinajstić information content (AvgIpc) is 3.15. The van der Waals surface area contributed by atoms with E-state index in [0.29, 0.717) is 27.3 Å². The van der Waals surface area contributed by atoms with Gasteiger partial charge in [-0.3, -0.25) is 0 Å². The number of nitrogens with two attached hydrogens (primary N) is 1. The number of aromatic nitrogens is 1. The Hall–Kier alpha value is -2.74. The summed E-state index contributed by atoms with van der Waals surface area (Å²) in [5.41, 5.74) is 7.93. The summed E-state index contributed by atoms with van der Waals surface area (Å²) in [5, 5.41) is 6.85. The molecule has 0 unspecified atom stereocenters. The largest absolute Gasteiger partial charge is 0.456 e. The third kappa shape index (κ3) is 4.95. The van der Waals surface area contributed by atoms with Gasteiger partial charge < -0.3 is 15.2 Å². The van der Waals surface area contributed by atoms with Crippen LogP contribution in [-0.2, 0) is 11.2 Å². The van der Waals surface area contributed by atoms with Crippen LogP contribution in [0.5, 0.6) is 11.5 Å². The molecule has 0 saturated heterocycles. The molecule has 0 fully saturated rings. The number of pyridine rings is 1. The van der Waals surface area contributed by atoms with E-state index in [2.05, 4.69) is 10.1 Å². The number of aryl methyl sites for hydroxylation is 1. The maximum atomic E-state index is 15.2. The summed E-state index contributed by atoms with van der Waals surface area (Å²) in [6.45, 7) is 2.00. The number of nitrogen functional groups attached to an aromatic ring is 1. The average molecular weight is 482 g/mol. The Kier molecular flexibility index (Phi) is 6.09. The first-order valence-electron chi connectivity index (χ1n) is 9.11. The molecule has 2 N–H and O–H groups in total. The Morgan fingerprint density at radius 3 is 2.71 bits per heavy atom. The number of ether oxygens (including phenoxy) is 2. The predicted octanol–water partition coefficient (Wildman–Crippen LogP) is 6.21. The number of anilines is 2. The number of nitrogens with zero attached hydrogens (tertiary/aromatic N) is 3. The molecule has 3 aromatic rings. The van der Waals surface area contributed by atoms with Gasteiger partial charge in [0.25, 0.3) is 0 Å². The summed E-state index contributed by atoms with van der Waals surface area (Å²) in [5.74, 6) is -0.148. The molecule has 1 aromatic heterocycles. The van der Waals surface area contributed by atoms with Crippen molar-refractivity contribution in [3.63, 3.8) is 0 Å². The molecule has 160 valence electrons. The highest BCUT2D eigenvalue weighted by Gasteiger charge is 2.22. The highest BCUT2D eigenvalue weighted by atomic mass is 35.5. The van der Waals surface area contributed by atoms with Gasteiger partial charge in [-0.15, -0.1) is 5.10 Å². The number of hydrazone groups is 1. The Morgan fingerprint density at radius 1 is 1.16 bits per heavy atom. The summed E-state index contributed by atoms with van der Waals surface area (Å²) in [7, 11) is 0. The normalized spacial score (nSPS) is 13.2. The van der Waals surface area contributed by atoms with Gasteiger partial charge in [-0.25, -0.2) is 14.4 Å². The van der Waals surface area contributed by atoms with Gasteiger partial charge in [0, 0.05) is 34.1 Å². The van der Waals surface area contributed by atoms with E-state index < -0.39 is 5.82 Å². The van der Waals surface area contributed by atoms with Gasteiger partial charge in [-0.05, 0) is 31.2 Å². The van der Waals surface area contributed by atoms with E-state index in [0.717, 1.165) is 11.4 Å². The number of benzene rings is 2. The van der Waals surface area contributed by atoms with E-state index in [-0.39, 0.29) is 29.7 Å². The maximum Gasteiger partial charge on any atom is 0.212 e. The third-order valence-corrected chi connectivity index (χ3v) is 5.08. The molecular formula is C21H16Cl3FN4O2. The van der Waals surface area contributed by atoms with Crippen LogP contribution in [0.2, 0.25) is 15.2 Å². The van der Waals surface area contributed by atoms with Crippen molar-refractivity contribution in [2.24, 2.45) is 5.10 Å². The fraction of sp³-hybridized carbons (Fsp3) is 0.143. The van der Waals surface area contributed by atoms with Crippen molar-refractivity contribution < 1.29 is 13.9 Å². The van der Waals surface area contributed by atoms with Crippen LogP contribution in [0.3, 0.4) is 0 Å². The van der Waals surface area contributed by atoms with E-state index in [1.165, 1.54) is 12.1 Å². The third-order valence-electron chi connectivity index (χ3n) is 4.37. The molecule has 2 aromatic carbocycles. The second-order valence-electron chi connectivity index (χ2n) is 6.80. The van der Waals surface area contributed by atoms with Gasteiger partial charge in [0.2, 0.25) is 5.90 Å². The van der Waals surface area contributed by atoms with Gasteiger partial charge in [-0.2, -0.15) is 0 Å². The molecule has 31 heavy (non-hydrogen) atoms. The van der Waals surface area contributed by atoms with Crippen LogP contribution in [0.15, 0.2) is 47.6 Å². The molecule has 0 bridgehead atoms. The van der Waals surface area contributed by atoms with Crippen molar-refractivity contribution in [1.82, 2.24) is 4.98 Å². The molecule has 1 aliphatic rings. The van der Waals surface area contributed by atoms with Gasteiger partial charge in [-0.1, -0.05) is 40.9 Å². The van der Waals surface area contributed by atoms with Crippen LogP contribution in [0.1, 0.15) is 11.3 Å². The smallest absolute Gasteiger partial charge is 0.212 e. The minimum Gasteiger partial charge on any atom is -0.456 e. The zero-order chi connectivity index (χ0) is 22.1. The summed E-state index contributed by atoms with van der Waals surface area (Å²) in [6, 6.07) is 11.2. The lowest BCUT2D eigenvalue weighted by molar-refractivity contribution is 0.330. The molecule has 6 nitrogen and oxygen atoms in total. The van der Waals surface area contributed by atoms with E-state index in [1.54, 1.807) is 29.3 Å². The second-order valence-corrected chi connectivity index (χ2v) is 8.04. The van der Waals surface area contributed by atoms with Crippen molar-refractivity contribution in [2.45, 2.75) is 13.3 Å². The minimum absolute atomic E-state index is 0.103. The van der Waals surface area contributed by atoms with Crippen molar-refractivity contribution in [3.8, 4) is 11.5 Å². The lowest BCUT2D eigenvalue weighted by Crippen LogP contribution is -2.13. The highest BCUT2D eigenvalue weighted by Crippen LogP contribution is 2.36. The van der Waals surface area contributed by atoms with Gasteiger partial charge in [0.05, 0.1) is 17.1 Å². The second kappa shape index (κ2) is 8.78. The number of hydrogen-bond acceptors (Lipinski definition) is 6. The minimum atomic E-state index is -0.626. The SMILES string of the molecule is Cc1cc(N2COC(Cc3ccc(Cl)c(Oc4cc(N)cc(Cl)c4)c3F)=N2)cc(Cl)n1. The zero-order valence-electron chi connectivity index (χ0n) is 16.2. The molecule has 1 aliphatic heterocycles. The molecule has 0 saturated carbocycles. The summed E-state index contributed by atoms with van der Waals surface area (Å²) in [4.78, 5) is 4.12. The molecule has 0 spiro atoms. The van der Waals surface area contributed by atoms with E-state index in [1.807, 2.05) is 13.0 Å². The molecule has 4 rings (SSSR count). The molecule has 2 heterocycles. The molecule has 0 radical (unpaired) electrons. The molecule has 0 amide bonds. The van der Waals surface area contributed by atoms with Crippen LogP contribution in [0.4, 0.5) is 15.8 Å². The van der Waals surface area contributed by atoms with E-state index in [9.17, 15) is 0 Å². The first kappa shape index (κ1) is 21.5. The zero-order valence-corrected chi connectivity index (χ0v) is 18.5. The number of hydrogen-bond donors (Lipinski definition) is 1. The van der Waals surface area contributed by atoms with E-state index in [4.69, 9.17) is 50.0 Å². The maximum absolute atomic E-state index is 15.2. The number of rotatable bonds is 5. The predicted molar refractivity (Wildman–Crippen MR) is 121 cm³/mol. The van der Waals surface area contributed by atoms with Gasteiger partial charge in [0.15, 0.2) is 18.3 Å². The van der Waals surface area contributed by atoms with Crippen LogP contribution < -0.4 is 15.5 Å². The van der Waals surface area contributed by atoms with Gasteiger partial charge >= 0.3 is 0 Å². The first-order chi connectivity index (χ1) is 14.8. The summed E-state index contributed by atoms with van der Waals surface area (Å²) >= 11 is 18.2. The number of halogens is 4. The van der Waals surface area contributed by atoms with Crippen LogP contribution in [0.25, 0.3) is 0 Å². The van der Waals surface area contributed by atoms with Crippen LogP contribution >= 0.6 is 34.8 Å². The molecule has 0 atom stereocenters. The lowest BCUT2D eigenvalue weighted by atomic mass is 10.1. The summed E-state index contributed by atoms with van der Waals surface area (Å²) in [6.07, 6.45) is 0.103. The molecule has 10 heteroatoms. The van der Waals surface area contributed by atoms with Crippen molar-refractivity contribution >= 4 is 52.1 Å². The van der Waals surface area contributed by atoms with Crippen LogP contribution in [0, 0.1) is 12.7 Å². The van der Waals surface area contributed by atoms with Crippen molar-refractivity contribution in [2.75, 3.05) is 17.5 Å². The quantitative estimate of drug-likeness (QED) is 0.346. The fourth-order valence-electron chi connectivity index (χ4n) is 3.03. The van der Waals surface area contributed by atoms with Crippen LogP contribution in [-0.4, -0.2) is 17.6 Å². The Bertz CT molecular complexity index is 1150. The Morgan fingerprint density at radius 2 is 1.97 bits per heavy atom. The van der Waals surface area contributed by atoms with Crippen molar-refractivity contribution in [1.29, 1.82) is 0 Å². The monoisotopic (exact) mass is 480 g/mol. The van der Waals surface area contributed by atoms with Crippen molar-refractivity contribution in [3.05, 3.63) is 74.7 Å². The Balaban J connectivity index is 1.57. The fourth-order valence-corrected chi connectivity index (χ4v) is 3.70. The molecular weight excluding hydrogens is 466 g/mol. The highest BCUT2D eigenvalue weighted by molar-refractivity contribution is 6.32. The lowest BCUT2D eigenvalue weighted by Gasteiger charge is -2.12. The topological polar surface area (TPSA) is 73.0 Å². The van der Waals surface area contributed by atoms with E-state index >= 15 is 4.39 Å². The van der Waals surface area contributed by atoms with Gasteiger partial charge in [0.1, 0.15) is 10.9 Å². The first-order valence-corrected chi connectivity index (χ1v) is 10.2. The Labute approximate surface area is 192 Å². The standard InChI is InChI=1S/C21H16Cl3FN4O2/c1-11-4-15(9-18(24)27-11)29-10-30-19(28-29)5-12-2-3-17(23)21(20(12)25)31-16-7-13(22)6-14(26)8-16/h2-4,6-9H,5,10,26H2,1H3.